The van der Waals surface area contributed by atoms with E-state index in [0.29, 0.717) is 17.7 Å². The molecule has 0 amide bonds. The first-order valence-corrected chi connectivity index (χ1v) is 15.6. The SMILES string of the molecule is Br.O=C(c1ccccc1)c1ccc2[nH]c(CN(Cc3ccc(CNCc4ccccn4)cc3)C3CCCc4cccnc43)nc2c1. The van der Waals surface area contributed by atoms with Crippen molar-refractivity contribution < 1.29 is 4.79 Å². The van der Waals surface area contributed by atoms with E-state index in [-0.39, 0.29) is 28.8 Å². The Morgan fingerprint density at radius 3 is 2.43 bits per heavy atom. The smallest absolute Gasteiger partial charge is 0.193 e. The van der Waals surface area contributed by atoms with Gasteiger partial charge in [-0.15, -0.1) is 17.0 Å². The third kappa shape index (κ3) is 7.31. The van der Waals surface area contributed by atoms with Crippen molar-refractivity contribution in [3.05, 3.63) is 161 Å². The van der Waals surface area contributed by atoms with Gasteiger partial charge in [-0.05, 0) is 72.4 Å². The highest BCUT2D eigenvalue weighted by Gasteiger charge is 2.28. The van der Waals surface area contributed by atoms with Gasteiger partial charge >= 0.3 is 0 Å². The van der Waals surface area contributed by atoms with Crippen LogP contribution in [0.5, 0.6) is 0 Å². The number of aryl methyl sites for hydroxylation is 1. The van der Waals surface area contributed by atoms with E-state index in [4.69, 9.17) is 9.97 Å². The maximum atomic E-state index is 13.1. The van der Waals surface area contributed by atoms with E-state index in [1.54, 1.807) is 0 Å². The average Bonchev–Trinajstić information content (AvgIpc) is 3.51. The summed E-state index contributed by atoms with van der Waals surface area (Å²) >= 11 is 0. The van der Waals surface area contributed by atoms with Gasteiger partial charge in [-0.2, -0.15) is 0 Å². The zero-order valence-electron chi connectivity index (χ0n) is 25.6. The Kier molecular flexibility index (Phi) is 10.1. The molecule has 6 aromatic rings. The van der Waals surface area contributed by atoms with Gasteiger partial charge in [0.15, 0.2) is 5.78 Å². The third-order valence-corrected chi connectivity index (χ3v) is 8.56. The largest absolute Gasteiger partial charge is 0.341 e. The van der Waals surface area contributed by atoms with Gasteiger partial charge in [0.25, 0.3) is 0 Å². The molecule has 1 atom stereocenters. The highest BCUT2D eigenvalue weighted by atomic mass is 79.9. The summed E-state index contributed by atoms with van der Waals surface area (Å²) in [5.74, 6) is 0.886. The topological polar surface area (TPSA) is 86.8 Å². The van der Waals surface area contributed by atoms with Gasteiger partial charge in [0.2, 0.25) is 0 Å². The van der Waals surface area contributed by atoms with E-state index in [0.717, 1.165) is 61.4 Å². The molecule has 0 saturated carbocycles. The minimum atomic E-state index is 0. The number of fused-ring (bicyclic) bond motifs is 2. The fourth-order valence-electron chi connectivity index (χ4n) is 6.27. The number of ketones is 1. The Morgan fingerprint density at radius 1 is 0.804 bits per heavy atom. The zero-order valence-corrected chi connectivity index (χ0v) is 27.3. The number of benzene rings is 3. The molecule has 0 bridgehead atoms. The molecule has 0 radical (unpaired) electrons. The van der Waals surface area contributed by atoms with Crippen LogP contribution in [0.3, 0.4) is 0 Å². The fourth-order valence-corrected chi connectivity index (χ4v) is 6.27. The standard InChI is InChI=1S/C38H36N6O.BrH/c45-38(30-8-2-1-3-9-30)31-18-19-33-34(22-31)43-36(42-33)26-44(35-13-6-10-29-11-7-21-41-37(29)35)25-28-16-14-27(15-17-28)23-39-24-32-12-4-5-20-40-32;/h1-5,7-9,11-12,14-22,35,39H,6,10,13,23-26H2,(H,42,43);1H. The molecule has 1 aliphatic rings. The number of hydrogen-bond acceptors (Lipinski definition) is 6. The molecule has 1 aliphatic carbocycles. The molecule has 232 valence electrons. The Hall–Kier alpha value is -4.50. The minimum absolute atomic E-state index is 0. The normalized spacial score (nSPS) is 14.2. The van der Waals surface area contributed by atoms with Crippen molar-refractivity contribution in [3.8, 4) is 0 Å². The summed E-state index contributed by atoms with van der Waals surface area (Å²) in [4.78, 5) is 33.3. The van der Waals surface area contributed by atoms with Crippen LogP contribution in [-0.4, -0.2) is 30.6 Å². The number of aromatic amines is 1. The van der Waals surface area contributed by atoms with Crippen LogP contribution in [0, 0.1) is 0 Å². The quantitative estimate of drug-likeness (QED) is 0.138. The number of aromatic nitrogens is 4. The third-order valence-electron chi connectivity index (χ3n) is 8.56. The maximum Gasteiger partial charge on any atom is 0.193 e. The predicted molar refractivity (Wildman–Crippen MR) is 187 cm³/mol. The number of H-pyrrole nitrogens is 1. The molecule has 0 aliphatic heterocycles. The molecular formula is C38H37BrN6O. The van der Waals surface area contributed by atoms with Crippen LogP contribution in [0.1, 0.15) is 68.7 Å². The summed E-state index contributed by atoms with van der Waals surface area (Å²) in [6.45, 7) is 2.94. The van der Waals surface area contributed by atoms with Crippen molar-refractivity contribution in [1.82, 2.24) is 30.2 Å². The van der Waals surface area contributed by atoms with Gasteiger partial charge < -0.3 is 10.3 Å². The Bertz CT molecular complexity index is 1890. The molecule has 3 aromatic heterocycles. The molecule has 7 rings (SSSR count). The molecule has 8 heteroatoms. The van der Waals surface area contributed by atoms with Crippen molar-refractivity contribution in [2.45, 2.75) is 51.5 Å². The number of halogens is 1. The van der Waals surface area contributed by atoms with Crippen LogP contribution in [0.15, 0.2) is 116 Å². The summed E-state index contributed by atoms with van der Waals surface area (Å²) in [5, 5.41) is 3.49. The molecule has 0 spiro atoms. The number of nitrogens with one attached hydrogen (secondary N) is 2. The summed E-state index contributed by atoms with van der Waals surface area (Å²) in [6, 6.07) is 34.4. The highest BCUT2D eigenvalue weighted by Crippen LogP contribution is 2.35. The molecule has 0 saturated heterocycles. The van der Waals surface area contributed by atoms with Crippen LogP contribution >= 0.6 is 17.0 Å². The highest BCUT2D eigenvalue weighted by molar-refractivity contribution is 8.93. The molecule has 2 N–H and O–H groups in total. The van der Waals surface area contributed by atoms with Crippen molar-refractivity contribution in [2.24, 2.45) is 0 Å². The summed E-state index contributed by atoms with van der Waals surface area (Å²) in [7, 11) is 0. The van der Waals surface area contributed by atoms with Crippen LogP contribution < -0.4 is 5.32 Å². The summed E-state index contributed by atoms with van der Waals surface area (Å²) in [5.41, 5.74) is 9.09. The van der Waals surface area contributed by atoms with Crippen molar-refractivity contribution in [2.75, 3.05) is 0 Å². The van der Waals surface area contributed by atoms with E-state index < -0.39 is 0 Å². The van der Waals surface area contributed by atoms with Crippen molar-refractivity contribution in [1.29, 1.82) is 0 Å². The second kappa shape index (κ2) is 14.7. The van der Waals surface area contributed by atoms with E-state index in [2.05, 4.69) is 50.5 Å². The Labute approximate surface area is 279 Å². The number of nitrogens with zero attached hydrogens (tertiary/aromatic N) is 4. The number of carbonyl (C=O) groups excluding carboxylic acids is 1. The Morgan fingerprint density at radius 2 is 1.61 bits per heavy atom. The lowest BCUT2D eigenvalue weighted by Gasteiger charge is -2.34. The lowest BCUT2D eigenvalue weighted by Crippen LogP contribution is -2.31. The minimum Gasteiger partial charge on any atom is -0.341 e. The fraction of sp³-hybridized carbons (Fsp3) is 0.211. The lowest BCUT2D eigenvalue weighted by atomic mass is 9.90. The van der Waals surface area contributed by atoms with E-state index in [1.807, 2.05) is 85.2 Å². The molecule has 3 aromatic carbocycles. The summed E-state index contributed by atoms with van der Waals surface area (Å²) in [6.07, 6.45) is 6.99. The second-order valence-electron chi connectivity index (χ2n) is 11.7. The van der Waals surface area contributed by atoms with Gasteiger partial charge in [0.05, 0.1) is 35.0 Å². The lowest BCUT2D eigenvalue weighted by molar-refractivity contribution is 0.103. The monoisotopic (exact) mass is 672 g/mol. The first-order chi connectivity index (χ1) is 22.2. The van der Waals surface area contributed by atoms with Gasteiger partial charge in [-0.1, -0.05) is 66.7 Å². The number of carbonyl (C=O) groups is 1. The predicted octanol–water partition coefficient (Wildman–Crippen LogP) is 7.53. The first-order valence-electron chi connectivity index (χ1n) is 15.6. The van der Waals surface area contributed by atoms with E-state index >= 15 is 0 Å². The number of hydrogen-bond donors (Lipinski definition) is 2. The molecule has 7 nitrogen and oxygen atoms in total. The molecule has 46 heavy (non-hydrogen) atoms. The first kappa shape index (κ1) is 31.5. The van der Waals surface area contributed by atoms with Crippen molar-refractivity contribution >= 4 is 33.8 Å². The maximum absolute atomic E-state index is 13.1. The molecule has 1 unspecified atom stereocenters. The average molecular weight is 674 g/mol. The van der Waals surface area contributed by atoms with E-state index in [9.17, 15) is 4.79 Å². The Balaban J connectivity index is 0.00000372. The van der Waals surface area contributed by atoms with Gasteiger partial charge in [0, 0.05) is 43.2 Å². The van der Waals surface area contributed by atoms with E-state index in [1.165, 1.54) is 22.4 Å². The molecular weight excluding hydrogens is 636 g/mol. The van der Waals surface area contributed by atoms with Gasteiger partial charge in [0.1, 0.15) is 5.82 Å². The van der Waals surface area contributed by atoms with Crippen LogP contribution in [0.25, 0.3) is 11.0 Å². The molecule has 3 heterocycles. The van der Waals surface area contributed by atoms with Crippen LogP contribution in [-0.2, 0) is 32.6 Å². The second-order valence-corrected chi connectivity index (χ2v) is 11.7. The van der Waals surface area contributed by atoms with Crippen molar-refractivity contribution in [3.63, 3.8) is 0 Å². The van der Waals surface area contributed by atoms with Crippen LogP contribution in [0.4, 0.5) is 0 Å². The number of rotatable bonds is 11. The van der Waals surface area contributed by atoms with Gasteiger partial charge in [-0.3, -0.25) is 19.7 Å². The van der Waals surface area contributed by atoms with Crippen LogP contribution in [0.2, 0.25) is 0 Å². The van der Waals surface area contributed by atoms with Gasteiger partial charge in [-0.25, -0.2) is 4.98 Å². The molecule has 0 fully saturated rings. The number of pyridine rings is 2. The number of imidazole rings is 1. The zero-order chi connectivity index (χ0) is 30.4. The summed E-state index contributed by atoms with van der Waals surface area (Å²) < 4.78 is 0.